The molecule has 0 radical (unpaired) electrons. The van der Waals surface area contributed by atoms with Crippen LogP contribution in [0.3, 0.4) is 0 Å². The molecule has 1 heterocycles. The van der Waals surface area contributed by atoms with Crippen molar-refractivity contribution in [2.24, 2.45) is 5.92 Å². The van der Waals surface area contributed by atoms with E-state index in [1.54, 1.807) is 0 Å². The van der Waals surface area contributed by atoms with Gasteiger partial charge in [0.2, 0.25) is 0 Å². The van der Waals surface area contributed by atoms with Crippen LogP contribution in [0.1, 0.15) is 32.3 Å². The maximum absolute atomic E-state index is 4.16. The molecule has 0 amide bonds. The second kappa shape index (κ2) is 6.29. The molecule has 0 saturated carbocycles. The summed E-state index contributed by atoms with van der Waals surface area (Å²) in [4.78, 5) is 0. The molecule has 2 rings (SSSR count). The molecule has 0 aromatic heterocycles. The van der Waals surface area contributed by atoms with E-state index in [0.29, 0.717) is 11.2 Å². The van der Waals surface area contributed by atoms with E-state index in [4.69, 9.17) is 0 Å². The number of benzene rings is 1. The molecule has 3 atom stereocenters. The van der Waals surface area contributed by atoms with Crippen LogP contribution in [-0.2, 0) is 0 Å². The van der Waals surface area contributed by atoms with Gasteiger partial charge in [0.1, 0.15) is 0 Å². The zero-order chi connectivity index (χ0) is 13.0. The summed E-state index contributed by atoms with van der Waals surface area (Å²) < 4.78 is 0. The van der Waals surface area contributed by atoms with Gasteiger partial charge in [-0.3, -0.25) is 0 Å². The summed E-state index contributed by atoms with van der Waals surface area (Å²) in [5, 5.41) is 1.36. The topological polar surface area (TPSA) is 0 Å². The third kappa shape index (κ3) is 3.52. The van der Waals surface area contributed by atoms with Crippen LogP contribution in [0.4, 0.5) is 0 Å². The summed E-state index contributed by atoms with van der Waals surface area (Å²) in [7, 11) is 0. The predicted octanol–water partition coefficient (Wildman–Crippen LogP) is 5.18. The lowest BCUT2D eigenvalue weighted by molar-refractivity contribution is 0.527. The highest BCUT2D eigenvalue weighted by Gasteiger charge is 2.27. The minimum atomic E-state index is 0.589. The summed E-state index contributed by atoms with van der Waals surface area (Å²) in [6.07, 6.45) is 7.23. The Kier molecular flexibility index (Phi) is 4.71. The second-order valence-corrected chi connectivity index (χ2v) is 6.83. The summed E-state index contributed by atoms with van der Waals surface area (Å²) in [5.74, 6) is 0.645. The van der Waals surface area contributed by atoms with Gasteiger partial charge in [0.15, 0.2) is 0 Å². The van der Waals surface area contributed by atoms with Crippen molar-refractivity contribution < 1.29 is 0 Å². The van der Waals surface area contributed by atoms with E-state index in [1.807, 2.05) is 0 Å². The molecular formula is C17H22S. The molecule has 0 bridgehead atoms. The van der Waals surface area contributed by atoms with E-state index in [-0.39, 0.29) is 0 Å². The smallest absolute Gasteiger partial charge is 0.0298 e. The molecule has 0 N–H and O–H groups in total. The largest absolute Gasteiger partial charge is 0.151 e. The lowest BCUT2D eigenvalue weighted by Gasteiger charge is -2.33. The fourth-order valence-corrected chi connectivity index (χ4v) is 4.02. The third-order valence-electron chi connectivity index (χ3n) is 3.58. The highest BCUT2D eigenvalue weighted by molar-refractivity contribution is 8.00. The Balaban J connectivity index is 2.09. The van der Waals surface area contributed by atoms with Gasteiger partial charge in [0.05, 0.1) is 0 Å². The van der Waals surface area contributed by atoms with Gasteiger partial charge in [-0.1, -0.05) is 61.6 Å². The van der Waals surface area contributed by atoms with Crippen LogP contribution in [0, 0.1) is 5.92 Å². The summed E-state index contributed by atoms with van der Waals surface area (Å²) >= 11 is 2.09. The molecule has 96 valence electrons. The van der Waals surface area contributed by atoms with Crippen LogP contribution in [0.25, 0.3) is 6.08 Å². The van der Waals surface area contributed by atoms with Crippen molar-refractivity contribution in [2.75, 3.05) is 0 Å². The van der Waals surface area contributed by atoms with E-state index in [1.165, 1.54) is 24.0 Å². The van der Waals surface area contributed by atoms with Crippen molar-refractivity contribution in [3.8, 4) is 0 Å². The van der Waals surface area contributed by atoms with E-state index >= 15 is 0 Å². The summed E-state index contributed by atoms with van der Waals surface area (Å²) in [6.45, 7) is 8.67. The molecule has 18 heavy (non-hydrogen) atoms. The van der Waals surface area contributed by atoms with Crippen LogP contribution in [0.5, 0.6) is 0 Å². The second-order valence-electron chi connectivity index (χ2n) is 5.21. The Morgan fingerprint density at radius 3 is 2.67 bits per heavy atom. The number of hydrogen-bond donors (Lipinski definition) is 0. The standard InChI is InChI=1S/C17H22S/c1-13(2)16-11-9-14(3)18-17(16)12-10-15-7-5-4-6-8-15/h4-8,10,12,14,16-17H,1,9,11H2,2-3H3/b12-10+/t14-,16+,17+/m1/s1. The first-order valence-electron chi connectivity index (χ1n) is 6.71. The van der Waals surface area contributed by atoms with Crippen molar-refractivity contribution in [1.82, 2.24) is 0 Å². The number of rotatable bonds is 3. The lowest BCUT2D eigenvalue weighted by atomic mass is 9.90. The number of allylic oxidation sites excluding steroid dienone is 1. The van der Waals surface area contributed by atoms with Crippen LogP contribution < -0.4 is 0 Å². The number of thioether (sulfide) groups is 1. The molecule has 1 aromatic rings. The molecular weight excluding hydrogens is 236 g/mol. The molecule has 1 heteroatoms. The van der Waals surface area contributed by atoms with Crippen LogP contribution in [0.2, 0.25) is 0 Å². The van der Waals surface area contributed by atoms with Crippen molar-refractivity contribution in [1.29, 1.82) is 0 Å². The molecule has 0 unspecified atom stereocenters. The van der Waals surface area contributed by atoms with Crippen LogP contribution in [-0.4, -0.2) is 10.5 Å². The first-order valence-corrected chi connectivity index (χ1v) is 7.65. The molecule has 1 aliphatic rings. The average molecular weight is 258 g/mol. The summed E-state index contributed by atoms with van der Waals surface area (Å²) in [6, 6.07) is 10.6. The van der Waals surface area contributed by atoms with E-state index in [0.717, 1.165) is 5.25 Å². The number of hydrogen-bond acceptors (Lipinski definition) is 1. The van der Waals surface area contributed by atoms with Crippen molar-refractivity contribution >= 4 is 17.8 Å². The van der Waals surface area contributed by atoms with E-state index in [2.05, 4.69) is 74.7 Å². The third-order valence-corrected chi connectivity index (χ3v) is 5.08. The molecule has 1 fully saturated rings. The van der Waals surface area contributed by atoms with Gasteiger partial charge < -0.3 is 0 Å². The maximum Gasteiger partial charge on any atom is 0.0298 e. The average Bonchev–Trinajstić information content (AvgIpc) is 2.37. The van der Waals surface area contributed by atoms with Gasteiger partial charge in [-0.05, 0) is 31.2 Å². The zero-order valence-corrected chi connectivity index (χ0v) is 12.1. The first kappa shape index (κ1) is 13.5. The monoisotopic (exact) mass is 258 g/mol. The highest BCUT2D eigenvalue weighted by atomic mass is 32.2. The van der Waals surface area contributed by atoms with Gasteiger partial charge in [-0.2, -0.15) is 11.8 Å². The van der Waals surface area contributed by atoms with Gasteiger partial charge >= 0.3 is 0 Å². The minimum Gasteiger partial charge on any atom is -0.151 e. The Labute approximate surface area is 115 Å². The molecule has 0 spiro atoms. The van der Waals surface area contributed by atoms with Gasteiger partial charge in [-0.15, -0.1) is 0 Å². The SMILES string of the molecule is C=C(C)[C@@H]1CC[C@@H](C)S[C@H]1/C=C/c1ccccc1. The van der Waals surface area contributed by atoms with Crippen molar-refractivity contribution in [3.63, 3.8) is 0 Å². The quantitative estimate of drug-likeness (QED) is 0.673. The van der Waals surface area contributed by atoms with Crippen LogP contribution >= 0.6 is 11.8 Å². The highest BCUT2D eigenvalue weighted by Crippen LogP contribution is 2.39. The maximum atomic E-state index is 4.16. The zero-order valence-electron chi connectivity index (χ0n) is 11.3. The lowest BCUT2D eigenvalue weighted by Crippen LogP contribution is -2.24. The van der Waals surface area contributed by atoms with E-state index < -0.39 is 0 Å². The Morgan fingerprint density at radius 1 is 1.28 bits per heavy atom. The first-order chi connectivity index (χ1) is 8.66. The molecule has 1 saturated heterocycles. The Morgan fingerprint density at radius 2 is 2.00 bits per heavy atom. The van der Waals surface area contributed by atoms with Crippen molar-refractivity contribution in [2.45, 2.75) is 37.2 Å². The molecule has 1 aromatic carbocycles. The molecule has 0 aliphatic carbocycles. The molecule has 1 aliphatic heterocycles. The summed E-state index contributed by atoms with van der Waals surface area (Å²) in [5.41, 5.74) is 2.62. The molecule has 0 nitrogen and oxygen atoms in total. The van der Waals surface area contributed by atoms with Gasteiger partial charge in [0, 0.05) is 10.5 Å². The van der Waals surface area contributed by atoms with E-state index in [9.17, 15) is 0 Å². The van der Waals surface area contributed by atoms with Gasteiger partial charge in [0.25, 0.3) is 0 Å². The fraction of sp³-hybridized carbons (Fsp3) is 0.412. The Bertz CT molecular complexity index is 418. The predicted molar refractivity (Wildman–Crippen MR) is 83.9 cm³/mol. The van der Waals surface area contributed by atoms with Gasteiger partial charge in [-0.25, -0.2) is 0 Å². The minimum absolute atomic E-state index is 0.589. The Hall–Kier alpha value is -0.950. The van der Waals surface area contributed by atoms with Crippen LogP contribution in [0.15, 0.2) is 48.6 Å². The van der Waals surface area contributed by atoms with Crippen molar-refractivity contribution in [3.05, 3.63) is 54.1 Å². The fourth-order valence-electron chi connectivity index (χ4n) is 2.49. The normalized spacial score (nSPS) is 28.4.